The second kappa shape index (κ2) is 21.9. The van der Waals surface area contributed by atoms with Crippen LogP contribution in [0.15, 0.2) is 0 Å². The SMILES string of the molecule is CCCCCCCCCCCCCCCCC[Si](C)(C)CCCCCCCC(=O)O. The highest BCUT2D eigenvalue weighted by Gasteiger charge is 2.18. The Hall–Kier alpha value is -0.313. The molecule has 0 atom stereocenters. The molecule has 0 aliphatic rings. The molecule has 0 unspecified atom stereocenters. The van der Waals surface area contributed by atoms with Gasteiger partial charge < -0.3 is 5.11 Å². The average Bonchev–Trinajstić information content (AvgIpc) is 2.70. The summed E-state index contributed by atoms with van der Waals surface area (Å²) in [5.74, 6) is -0.646. The molecule has 0 radical (unpaired) electrons. The van der Waals surface area contributed by atoms with Crippen LogP contribution in [0.2, 0.25) is 25.2 Å². The summed E-state index contributed by atoms with van der Waals surface area (Å²) in [6.07, 6.45) is 27.9. The Morgan fingerprint density at radius 1 is 0.533 bits per heavy atom. The Kier molecular flexibility index (Phi) is 21.7. The molecule has 0 aliphatic heterocycles. The zero-order valence-corrected chi connectivity index (χ0v) is 22.1. The van der Waals surface area contributed by atoms with E-state index in [2.05, 4.69) is 20.0 Å². The third-order valence-electron chi connectivity index (χ3n) is 6.70. The van der Waals surface area contributed by atoms with Gasteiger partial charge in [0.1, 0.15) is 0 Å². The highest BCUT2D eigenvalue weighted by Crippen LogP contribution is 2.23. The first-order chi connectivity index (χ1) is 14.5. The van der Waals surface area contributed by atoms with E-state index in [1.807, 2.05) is 0 Å². The van der Waals surface area contributed by atoms with Gasteiger partial charge in [0.05, 0.1) is 0 Å². The van der Waals surface area contributed by atoms with Crippen molar-refractivity contribution in [2.24, 2.45) is 0 Å². The van der Waals surface area contributed by atoms with Crippen LogP contribution in [0.3, 0.4) is 0 Å². The van der Waals surface area contributed by atoms with Gasteiger partial charge in [-0.25, -0.2) is 0 Å². The number of hydrogen-bond acceptors (Lipinski definition) is 1. The largest absolute Gasteiger partial charge is 0.481 e. The first-order valence-corrected chi connectivity index (χ1v) is 17.1. The molecule has 30 heavy (non-hydrogen) atoms. The molecule has 1 N–H and O–H groups in total. The van der Waals surface area contributed by atoms with Crippen molar-refractivity contribution in [3.8, 4) is 0 Å². The molecule has 0 aromatic rings. The van der Waals surface area contributed by atoms with Gasteiger partial charge in [0, 0.05) is 14.5 Å². The van der Waals surface area contributed by atoms with E-state index < -0.39 is 14.0 Å². The molecule has 0 saturated carbocycles. The quantitative estimate of drug-likeness (QED) is 0.120. The first kappa shape index (κ1) is 29.7. The Morgan fingerprint density at radius 3 is 1.17 bits per heavy atom. The molecule has 0 rings (SSSR count). The van der Waals surface area contributed by atoms with Crippen molar-refractivity contribution in [2.75, 3.05) is 0 Å². The van der Waals surface area contributed by atoms with Crippen molar-refractivity contribution in [1.29, 1.82) is 0 Å². The second-order valence-electron chi connectivity index (χ2n) is 10.5. The fraction of sp³-hybridized carbons (Fsp3) is 0.963. The molecule has 0 aromatic heterocycles. The highest BCUT2D eigenvalue weighted by atomic mass is 28.3. The molecule has 3 heteroatoms. The molecule has 0 heterocycles. The maximum absolute atomic E-state index is 10.5. The lowest BCUT2D eigenvalue weighted by atomic mass is 10.0. The molecule has 0 amide bonds. The topological polar surface area (TPSA) is 37.3 Å². The molecule has 0 aromatic carbocycles. The predicted octanol–water partition coefficient (Wildman–Crippen LogP) is 9.99. The molecule has 0 bridgehead atoms. The summed E-state index contributed by atoms with van der Waals surface area (Å²) in [6, 6.07) is 2.97. The van der Waals surface area contributed by atoms with Crippen molar-refractivity contribution in [2.45, 2.75) is 167 Å². The van der Waals surface area contributed by atoms with Crippen LogP contribution in [0.25, 0.3) is 0 Å². The Bertz CT molecular complexity index is 368. The van der Waals surface area contributed by atoms with Crippen LogP contribution in [0.5, 0.6) is 0 Å². The number of unbranched alkanes of at least 4 members (excludes halogenated alkanes) is 18. The van der Waals surface area contributed by atoms with Crippen molar-refractivity contribution in [1.82, 2.24) is 0 Å². The van der Waals surface area contributed by atoms with E-state index in [0.29, 0.717) is 6.42 Å². The van der Waals surface area contributed by atoms with Crippen molar-refractivity contribution < 1.29 is 9.90 Å². The van der Waals surface area contributed by atoms with Gasteiger partial charge in [-0.3, -0.25) is 4.79 Å². The van der Waals surface area contributed by atoms with Gasteiger partial charge in [0.15, 0.2) is 0 Å². The maximum atomic E-state index is 10.5. The monoisotopic (exact) mass is 440 g/mol. The molecule has 2 nitrogen and oxygen atoms in total. The minimum atomic E-state index is -0.989. The zero-order chi connectivity index (χ0) is 22.3. The summed E-state index contributed by atoms with van der Waals surface area (Å²) in [4.78, 5) is 10.5. The van der Waals surface area contributed by atoms with E-state index in [9.17, 15) is 4.79 Å². The number of carboxylic acids is 1. The molecular formula is C27H56O2Si. The van der Waals surface area contributed by atoms with Gasteiger partial charge >= 0.3 is 5.97 Å². The van der Waals surface area contributed by atoms with Crippen LogP contribution in [-0.2, 0) is 4.79 Å². The molecule has 0 spiro atoms. The van der Waals surface area contributed by atoms with Crippen LogP contribution >= 0.6 is 0 Å². The fourth-order valence-corrected chi connectivity index (χ4v) is 7.17. The lowest BCUT2D eigenvalue weighted by Gasteiger charge is -2.22. The lowest BCUT2D eigenvalue weighted by Crippen LogP contribution is -2.24. The average molecular weight is 441 g/mol. The van der Waals surface area contributed by atoms with Gasteiger partial charge in [0.25, 0.3) is 0 Å². The Morgan fingerprint density at radius 2 is 0.833 bits per heavy atom. The van der Waals surface area contributed by atoms with Crippen LogP contribution < -0.4 is 0 Å². The van der Waals surface area contributed by atoms with Crippen LogP contribution in [0.4, 0.5) is 0 Å². The van der Waals surface area contributed by atoms with Gasteiger partial charge in [-0.15, -0.1) is 0 Å². The van der Waals surface area contributed by atoms with E-state index in [1.165, 1.54) is 128 Å². The third-order valence-corrected chi connectivity index (χ3v) is 10.1. The second-order valence-corrected chi connectivity index (χ2v) is 15.9. The van der Waals surface area contributed by atoms with E-state index in [4.69, 9.17) is 5.11 Å². The minimum absolute atomic E-state index is 0.347. The molecule has 180 valence electrons. The minimum Gasteiger partial charge on any atom is -0.481 e. The standard InChI is InChI=1S/C27H56O2Si/c1-4-5-6-7-8-9-10-11-12-13-14-15-16-19-22-25-30(2,3)26-23-20-17-18-21-24-27(28)29/h4-26H2,1-3H3,(H,28,29). The number of carboxylic acid groups (broad SMARTS) is 1. The summed E-state index contributed by atoms with van der Waals surface area (Å²) < 4.78 is 0. The van der Waals surface area contributed by atoms with E-state index >= 15 is 0 Å². The first-order valence-electron chi connectivity index (χ1n) is 13.7. The Labute approximate surface area is 191 Å². The fourth-order valence-electron chi connectivity index (χ4n) is 4.51. The number of rotatable bonds is 24. The summed E-state index contributed by atoms with van der Waals surface area (Å²) in [5, 5.41) is 8.66. The Balaban J connectivity index is 3.29. The number of hydrogen-bond donors (Lipinski definition) is 1. The van der Waals surface area contributed by atoms with E-state index in [-0.39, 0.29) is 0 Å². The number of aliphatic carboxylic acids is 1. The van der Waals surface area contributed by atoms with Gasteiger partial charge in [-0.1, -0.05) is 154 Å². The van der Waals surface area contributed by atoms with Crippen LogP contribution in [0, 0.1) is 0 Å². The molecule has 0 fully saturated rings. The molecular weight excluding hydrogens is 384 g/mol. The molecule has 0 saturated heterocycles. The maximum Gasteiger partial charge on any atom is 0.303 e. The van der Waals surface area contributed by atoms with Gasteiger partial charge in [-0.2, -0.15) is 0 Å². The van der Waals surface area contributed by atoms with Crippen LogP contribution in [0.1, 0.15) is 142 Å². The van der Waals surface area contributed by atoms with Gasteiger partial charge in [0.2, 0.25) is 0 Å². The number of carbonyl (C=O) groups is 1. The van der Waals surface area contributed by atoms with Crippen LogP contribution in [-0.4, -0.2) is 19.1 Å². The summed E-state index contributed by atoms with van der Waals surface area (Å²) in [5.41, 5.74) is 0. The zero-order valence-electron chi connectivity index (χ0n) is 21.1. The van der Waals surface area contributed by atoms with Crippen molar-refractivity contribution >= 4 is 14.0 Å². The smallest absolute Gasteiger partial charge is 0.303 e. The molecule has 0 aliphatic carbocycles. The summed E-state index contributed by atoms with van der Waals surface area (Å²) >= 11 is 0. The van der Waals surface area contributed by atoms with E-state index in [1.54, 1.807) is 0 Å². The van der Waals surface area contributed by atoms with E-state index in [0.717, 1.165) is 12.8 Å². The summed E-state index contributed by atoms with van der Waals surface area (Å²) in [7, 11) is -0.989. The summed E-state index contributed by atoms with van der Waals surface area (Å²) in [6.45, 7) is 7.43. The normalized spacial score (nSPS) is 11.8. The highest BCUT2D eigenvalue weighted by molar-refractivity contribution is 6.77. The third kappa shape index (κ3) is 24.0. The van der Waals surface area contributed by atoms with Gasteiger partial charge in [-0.05, 0) is 6.42 Å². The van der Waals surface area contributed by atoms with Crippen molar-refractivity contribution in [3.05, 3.63) is 0 Å². The van der Waals surface area contributed by atoms with Crippen molar-refractivity contribution in [3.63, 3.8) is 0 Å². The predicted molar refractivity (Wildman–Crippen MR) is 137 cm³/mol. The lowest BCUT2D eigenvalue weighted by molar-refractivity contribution is -0.137.